The summed E-state index contributed by atoms with van der Waals surface area (Å²) in [4.78, 5) is 25.8. The van der Waals surface area contributed by atoms with E-state index in [-0.39, 0.29) is 17.2 Å². The second-order valence-electron chi connectivity index (χ2n) is 6.67. The van der Waals surface area contributed by atoms with Crippen LogP contribution in [0.2, 0.25) is 0 Å². The van der Waals surface area contributed by atoms with Crippen molar-refractivity contribution in [1.29, 1.82) is 0 Å². The van der Waals surface area contributed by atoms with E-state index in [2.05, 4.69) is 4.90 Å². The lowest BCUT2D eigenvalue weighted by Crippen LogP contribution is -2.33. The smallest absolute Gasteiger partial charge is 0.347 e. The third-order valence-corrected chi connectivity index (χ3v) is 4.76. The number of fused-ring (bicyclic) bond motifs is 3. The lowest BCUT2D eigenvalue weighted by Gasteiger charge is -2.29. The molecule has 0 amide bonds. The van der Waals surface area contributed by atoms with Crippen molar-refractivity contribution in [3.05, 3.63) is 75.4 Å². The third kappa shape index (κ3) is 3.48. The van der Waals surface area contributed by atoms with Crippen LogP contribution >= 0.6 is 0 Å². The van der Waals surface area contributed by atoms with Crippen molar-refractivity contribution in [3.8, 4) is 5.75 Å². The summed E-state index contributed by atoms with van der Waals surface area (Å²) in [5.74, 6) is 0.111. The van der Waals surface area contributed by atoms with Gasteiger partial charge in [-0.25, -0.2) is 9.18 Å². The molecule has 0 fully saturated rings. The highest BCUT2D eigenvalue weighted by molar-refractivity contribution is 5.97. The van der Waals surface area contributed by atoms with Gasteiger partial charge in [-0.2, -0.15) is 0 Å². The summed E-state index contributed by atoms with van der Waals surface area (Å²) in [5.41, 5.74) is 1.70. The SMILES string of the molecule is CC(=O)c1cc2ccc3c(c2oc1=O)CN(CCc1ccc(F)cc1)CO3. The lowest BCUT2D eigenvalue weighted by molar-refractivity contribution is 0.0967. The molecular weight excluding hydrogens is 349 g/mol. The van der Waals surface area contributed by atoms with E-state index < -0.39 is 5.63 Å². The average molecular weight is 367 g/mol. The fraction of sp³-hybridized carbons (Fsp3) is 0.238. The zero-order valence-electron chi connectivity index (χ0n) is 14.8. The van der Waals surface area contributed by atoms with Gasteiger partial charge in [-0.15, -0.1) is 0 Å². The first kappa shape index (κ1) is 17.4. The minimum Gasteiger partial charge on any atom is -0.478 e. The van der Waals surface area contributed by atoms with Crippen molar-refractivity contribution in [3.63, 3.8) is 0 Å². The molecule has 1 aliphatic heterocycles. The molecule has 1 aliphatic rings. The lowest BCUT2D eigenvalue weighted by atomic mass is 10.1. The topological polar surface area (TPSA) is 59.8 Å². The van der Waals surface area contributed by atoms with Crippen LogP contribution in [0.1, 0.15) is 28.4 Å². The third-order valence-electron chi connectivity index (χ3n) is 4.76. The summed E-state index contributed by atoms with van der Waals surface area (Å²) in [5, 5.41) is 0.697. The van der Waals surface area contributed by atoms with Crippen molar-refractivity contribution in [2.45, 2.75) is 19.9 Å². The standard InChI is InChI=1S/C21H18FNO4/c1-13(24)17-10-15-4-7-19-18(20(15)27-21(17)25)11-23(12-26-19)9-8-14-2-5-16(22)6-3-14/h2-7,10H,8-9,11-12H2,1H3. The number of carbonyl (C=O) groups excluding carboxylic acids is 1. The monoisotopic (exact) mass is 367 g/mol. The number of ketones is 1. The molecule has 0 bridgehead atoms. The molecule has 0 atom stereocenters. The summed E-state index contributed by atoms with van der Waals surface area (Å²) in [6.07, 6.45) is 0.752. The molecule has 0 spiro atoms. The molecular formula is C21H18FNO4. The number of nitrogens with zero attached hydrogens (tertiary/aromatic N) is 1. The molecule has 0 N–H and O–H groups in total. The Morgan fingerprint density at radius 1 is 1.19 bits per heavy atom. The highest BCUT2D eigenvalue weighted by Gasteiger charge is 2.22. The van der Waals surface area contributed by atoms with Crippen molar-refractivity contribution in [2.75, 3.05) is 13.3 Å². The van der Waals surface area contributed by atoms with Crippen LogP contribution in [0.3, 0.4) is 0 Å². The van der Waals surface area contributed by atoms with Gasteiger partial charge >= 0.3 is 5.63 Å². The van der Waals surface area contributed by atoms with Crippen molar-refractivity contribution in [1.82, 2.24) is 4.90 Å². The summed E-state index contributed by atoms with van der Waals surface area (Å²) >= 11 is 0. The molecule has 27 heavy (non-hydrogen) atoms. The first-order valence-electron chi connectivity index (χ1n) is 8.71. The largest absolute Gasteiger partial charge is 0.478 e. The minimum absolute atomic E-state index is 0.0485. The Morgan fingerprint density at radius 3 is 2.70 bits per heavy atom. The number of rotatable bonds is 4. The van der Waals surface area contributed by atoms with E-state index in [9.17, 15) is 14.0 Å². The molecule has 138 valence electrons. The van der Waals surface area contributed by atoms with Crippen molar-refractivity contribution >= 4 is 16.8 Å². The molecule has 1 aromatic heterocycles. The Bertz CT molecular complexity index is 1070. The molecule has 0 aliphatic carbocycles. The first-order chi connectivity index (χ1) is 13.0. The fourth-order valence-corrected chi connectivity index (χ4v) is 3.27. The van der Waals surface area contributed by atoms with E-state index in [1.807, 2.05) is 6.07 Å². The number of benzene rings is 2. The van der Waals surface area contributed by atoms with Gasteiger partial charge in [0.25, 0.3) is 0 Å². The molecule has 2 heterocycles. The highest BCUT2D eigenvalue weighted by atomic mass is 19.1. The van der Waals surface area contributed by atoms with Crippen LogP contribution in [0.4, 0.5) is 4.39 Å². The zero-order chi connectivity index (χ0) is 19.0. The van der Waals surface area contributed by atoms with Gasteiger partial charge in [-0.1, -0.05) is 12.1 Å². The predicted octanol–water partition coefficient (Wildman–Crippen LogP) is 3.53. The number of carbonyl (C=O) groups is 1. The van der Waals surface area contributed by atoms with Crippen molar-refractivity contribution < 1.29 is 18.3 Å². The Labute approximate surface area is 155 Å². The molecule has 2 aromatic carbocycles. The van der Waals surface area contributed by atoms with E-state index in [0.29, 0.717) is 30.0 Å². The van der Waals surface area contributed by atoms with Gasteiger partial charge in [0.15, 0.2) is 5.78 Å². The molecule has 0 saturated heterocycles. The van der Waals surface area contributed by atoms with Crippen LogP contribution in [0.5, 0.6) is 5.75 Å². The molecule has 6 heteroatoms. The maximum Gasteiger partial charge on any atom is 0.347 e. The molecule has 0 unspecified atom stereocenters. The van der Waals surface area contributed by atoms with E-state index in [0.717, 1.165) is 24.1 Å². The number of hydrogen-bond donors (Lipinski definition) is 0. The van der Waals surface area contributed by atoms with E-state index in [1.54, 1.807) is 24.3 Å². The van der Waals surface area contributed by atoms with Crippen LogP contribution in [0.15, 0.2) is 51.7 Å². The molecule has 0 radical (unpaired) electrons. The summed E-state index contributed by atoms with van der Waals surface area (Å²) in [6, 6.07) is 11.6. The van der Waals surface area contributed by atoms with E-state index >= 15 is 0 Å². The molecule has 4 rings (SSSR count). The van der Waals surface area contributed by atoms with E-state index in [1.165, 1.54) is 19.1 Å². The zero-order valence-corrected chi connectivity index (χ0v) is 14.8. The number of hydrogen-bond acceptors (Lipinski definition) is 5. The molecule has 0 saturated carbocycles. The summed E-state index contributed by atoms with van der Waals surface area (Å²) in [7, 11) is 0. The van der Waals surface area contributed by atoms with Crippen molar-refractivity contribution in [2.24, 2.45) is 0 Å². The van der Waals surface area contributed by atoms with Crippen LogP contribution in [-0.4, -0.2) is 24.0 Å². The Balaban J connectivity index is 1.59. The van der Waals surface area contributed by atoms with Gasteiger partial charge in [0.2, 0.25) is 0 Å². The van der Waals surface area contributed by atoms with Crippen LogP contribution in [0.25, 0.3) is 11.0 Å². The Hall–Kier alpha value is -2.99. The Morgan fingerprint density at radius 2 is 1.96 bits per heavy atom. The van der Waals surface area contributed by atoms with Gasteiger partial charge in [-0.05, 0) is 49.2 Å². The average Bonchev–Trinajstić information content (AvgIpc) is 2.66. The normalized spacial score (nSPS) is 14.0. The molecule has 3 aromatic rings. The highest BCUT2D eigenvalue weighted by Crippen LogP contribution is 2.32. The van der Waals surface area contributed by atoms with Gasteiger partial charge in [-0.3, -0.25) is 9.69 Å². The number of Topliss-reactive ketones (excluding diaryl/α,β-unsaturated/α-hetero) is 1. The van der Waals surface area contributed by atoms with Gasteiger partial charge in [0.05, 0.1) is 5.56 Å². The predicted molar refractivity (Wildman–Crippen MR) is 98.5 cm³/mol. The minimum atomic E-state index is -0.633. The van der Waals surface area contributed by atoms with Crippen LogP contribution < -0.4 is 10.4 Å². The van der Waals surface area contributed by atoms with Gasteiger partial charge < -0.3 is 9.15 Å². The number of ether oxygens (including phenoxy) is 1. The fourth-order valence-electron chi connectivity index (χ4n) is 3.27. The quantitative estimate of drug-likeness (QED) is 0.522. The number of halogens is 1. The van der Waals surface area contributed by atoms with Gasteiger partial charge in [0.1, 0.15) is 29.4 Å². The van der Waals surface area contributed by atoms with Gasteiger partial charge in [0, 0.05) is 18.5 Å². The first-order valence-corrected chi connectivity index (χ1v) is 8.71. The van der Waals surface area contributed by atoms with Crippen LogP contribution in [-0.2, 0) is 13.0 Å². The summed E-state index contributed by atoms with van der Waals surface area (Å²) < 4.78 is 24.3. The summed E-state index contributed by atoms with van der Waals surface area (Å²) in [6.45, 7) is 3.06. The maximum absolute atomic E-state index is 13.0. The van der Waals surface area contributed by atoms with E-state index in [4.69, 9.17) is 9.15 Å². The van der Waals surface area contributed by atoms with Crippen LogP contribution in [0, 0.1) is 5.82 Å². The second-order valence-corrected chi connectivity index (χ2v) is 6.67. The maximum atomic E-state index is 13.0. The Kier molecular flexibility index (Phi) is 4.49. The molecule has 5 nitrogen and oxygen atoms in total. The second kappa shape index (κ2) is 6.96.